The van der Waals surface area contributed by atoms with Crippen LogP contribution >= 0.6 is 0 Å². The molecule has 0 bridgehead atoms. The molecule has 1 aromatic heterocycles. The first-order chi connectivity index (χ1) is 9.54. The van der Waals surface area contributed by atoms with Crippen molar-refractivity contribution in [2.75, 3.05) is 7.11 Å². The number of para-hydroxylation sites is 1. The SMILES string of the molecule is COc1cccc2c(C(C)=O)cn(CCCC(N)=O)c12. The maximum absolute atomic E-state index is 11.7. The second-order valence-corrected chi connectivity index (χ2v) is 4.72. The van der Waals surface area contributed by atoms with Crippen LogP contribution in [0.15, 0.2) is 24.4 Å². The standard InChI is InChI=1S/C15H18N2O3/c1-10(18)12-9-17(8-4-7-14(16)19)15-11(12)5-3-6-13(15)20-2/h3,5-6,9H,4,7-8H2,1-2H3,(H2,16,19). The lowest BCUT2D eigenvalue weighted by atomic mass is 10.1. The fourth-order valence-corrected chi connectivity index (χ4v) is 2.37. The summed E-state index contributed by atoms with van der Waals surface area (Å²) in [7, 11) is 1.60. The second-order valence-electron chi connectivity index (χ2n) is 4.72. The highest BCUT2D eigenvalue weighted by atomic mass is 16.5. The van der Waals surface area contributed by atoms with Crippen LogP contribution in [-0.4, -0.2) is 23.4 Å². The number of ketones is 1. The van der Waals surface area contributed by atoms with E-state index in [0.29, 0.717) is 30.7 Å². The predicted octanol–water partition coefficient (Wildman–Crippen LogP) is 2.12. The van der Waals surface area contributed by atoms with Crippen molar-refractivity contribution in [3.05, 3.63) is 30.0 Å². The monoisotopic (exact) mass is 274 g/mol. The number of hydrogen-bond donors (Lipinski definition) is 1. The van der Waals surface area contributed by atoms with Gasteiger partial charge in [0.2, 0.25) is 5.91 Å². The van der Waals surface area contributed by atoms with E-state index in [2.05, 4.69) is 0 Å². The topological polar surface area (TPSA) is 74.3 Å². The first-order valence-corrected chi connectivity index (χ1v) is 6.49. The third-order valence-corrected chi connectivity index (χ3v) is 3.28. The van der Waals surface area contributed by atoms with Gasteiger partial charge in [-0.05, 0) is 19.4 Å². The molecule has 5 nitrogen and oxygen atoms in total. The van der Waals surface area contributed by atoms with Gasteiger partial charge in [-0.15, -0.1) is 0 Å². The van der Waals surface area contributed by atoms with Gasteiger partial charge in [-0.2, -0.15) is 0 Å². The van der Waals surface area contributed by atoms with Crippen LogP contribution < -0.4 is 10.5 Å². The van der Waals surface area contributed by atoms with E-state index in [1.807, 2.05) is 29.0 Å². The van der Waals surface area contributed by atoms with Crippen LogP contribution in [0.2, 0.25) is 0 Å². The molecule has 0 unspecified atom stereocenters. The van der Waals surface area contributed by atoms with Gasteiger partial charge in [0.05, 0.1) is 12.6 Å². The van der Waals surface area contributed by atoms with Gasteiger partial charge in [0.15, 0.2) is 5.78 Å². The van der Waals surface area contributed by atoms with Crippen molar-refractivity contribution in [3.63, 3.8) is 0 Å². The molecule has 2 aromatic rings. The van der Waals surface area contributed by atoms with Crippen molar-refractivity contribution in [1.29, 1.82) is 0 Å². The van der Waals surface area contributed by atoms with Crippen LogP contribution in [0.4, 0.5) is 0 Å². The number of nitrogens with two attached hydrogens (primary N) is 1. The minimum Gasteiger partial charge on any atom is -0.495 e. The van der Waals surface area contributed by atoms with Crippen molar-refractivity contribution in [1.82, 2.24) is 4.57 Å². The van der Waals surface area contributed by atoms with E-state index in [1.165, 1.54) is 0 Å². The number of ether oxygens (including phenoxy) is 1. The van der Waals surface area contributed by atoms with E-state index >= 15 is 0 Å². The summed E-state index contributed by atoms with van der Waals surface area (Å²) < 4.78 is 7.32. The molecule has 20 heavy (non-hydrogen) atoms. The third-order valence-electron chi connectivity index (χ3n) is 3.28. The minimum atomic E-state index is -0.319. The van der Waals surface area contributed by atoms with Crippen molar-refractivity contribution in [3.8, 4) is 5.75 Å². The number of hydrogen-bond acceptors (Lipinski definition) is 3. The highest BCUT2D eigenvalue weighted by Gasteiger charge is 2.15. The summed E-state index contributed by atoms with van der Waals surface area (Å²) in [6.07, 6.45) is 2.77. The molecule has 1 heterocycles. The molecule has 0 atom stereocenters. The Labute approximate surface area is 117 Å². The van der Waals surface area contributed by atoms with Gasteiger partial charge in [-0.1, -0.05) is 12.1 Å². The van der Waals surface area contributed by atoms with Gasteiger partial charge in [0, 0.05) is 30.1 Å². The molecule has 2 N–H and O–H groups in total. The first kappa shape index (κ1) is 14.1. The number of amides is 1. The maximum Gasteiger partial charge on any atom is 0.217 e. The fraction of sp³-hybridized carbons (Fsp3) is 0.333. The molecule has 106 valence electrons. The van der Waals surface area contributed by atoms with Crippen molar-refractivity contribution in [2.24, 2.45) is 5.73 Å². The van der Waals surface area contributed by atoms with Gasteiger partial charge in [0.25, 0.3) is 0 Å². The maximum atomic E-state index is 11.7. The Hall–Kier alpha value is -2.30. The van der Waals surface area contributed by atoms with Crippen LogP contribution in [0.25, 0.3) is 10.9 Å². The fourth-order valence-electron chi connectivity index (χ4n) is 2.37. The number of carbonyl (C=O) groups excluding carboxylic acids is 2. The number of benzene rings is 1. The third kappa shape index (κ3) is 2.66. The van der Waals surface area contributed by atoms with Crippen LogP contribution in [-0.2, 0) is 11.3 Å². The van der Waals surface area contributed by atoms with Crippen molar-refractivity contribution >= 4 is 22.6 Å². The quantitative estimate of drug-likeness (QED) is 0.820. The van der Waals surface area contributed by atoms with Crippen LogP contribution in [0.3, 0.4) is 0 Å². The van der Waals surface area contributed by atoms with Crippen LogP contribution in [0.5, 0.6) is 5.75 Å². The summed E-state index contributed by atoms with van der Waals surface area (Å²) in [4.78, 5) is 22.5. The van der Waals surface area contributed by atoms with E-state index < -0.39 is 0 Å². The minimum absolute atomic E-state index is 0.0110. The Balaban J connectivity index is 2.47. The van der Waals surface area contributed by atoms with Gasteiger partial charge in [0.1, 0.15) is 5.75 Å². The van der Waals surface area contributed by atoms with Gasteiger partial charge in [-0.25, -0.2) is 0 Å². The average Bonchev–Trinajstić information content (AvgIpc) is 2.77. The van der Waals surface area contributed by atoms with E-state index in [0.717, 1.165) is 10.9 Å². The van der Waals surface area contributed by atoms with E-state index in [-0.39, 0.29) is 11.7 Å². The number of aromatic nitrogens is 1. The summed E-state index contributed by atoms with van der Waals surface area (Å²) in [5, 5.41) is 0.871. The lowest BCUT2D eigenvalue weighted by Crippen LogP contribution is -2.11. The summed E-state index contributed by atoms with van der Waals surface area (Å²) in [6.45, 7) is 2.16. The highest BCUT2D eigenvalue weighted by molar-refractivity contribution is 6.08. The number of nitrogens with zero attached hydrogens (tertiary/aromatic N) is 1. The number of fused-ring (bicyclic) bond motifs is 1. The Morgan fingerprint density at radius 3 is 2.70 bits per heavy atom. The number of primary amides is 1. The van der Waals surface area contributed by atoms with Gasteiger partial charge >= 0.3 is 0 Å². The number of methoxy groups -OCH3 is 1. The largest absolute Gasteiger partial charge is 0.495 e. The van der Waals surface area contributed by atoms with E-state index in [9.17, 15) is 9.59 Å². The molecule has 0 saturated carbocycles. The highest BCUT2D eigenvalue weighted by Crippen LogP contribution is 2.30. The van der Waals surface area contributed by atoms with Crippen molar-refractivity contribution in [2.45, 2.75) is 26.3 Å². The predicted molar refractivity (Wildman–Crippen MR) is 76.9 cm³/mol. The normalized spacial score (nSPS) is 10.7. The Kier molecular flexibility index (Phi) is 4.08. The zero-order valence-electron chi connectivity index (χ0n) is 11.7. The second kappa shape index (κ2) is 5.77. The Morgan fingerprint density at radius 2 is 2.10 bits per heavy atom. The van der Waals surface area contributed by atoms with Crippen LogP contribution in [0, 0.1) is 0 Å². The molecule has 1 aromatic carbocycles. The van der Waals surface area contributed by atoms with Gasteiger partial charge < -0.3 is 15.0 Å². The van der Waals surface area contributed by atoms with E-state index in [4.69, 9.17) is 10.5 Å². The summed E-state index contributed by atoms with van der Waals surface area (Å²) in [5.74, 6) is 0.409. The molecule has 0 aliphatic rings. The number of Topliss-reactive ketones (excluding diaryl/α,β-unsaturated/α-hetero) is 1. The molecule has 0 aliphatic carbocycles. The number of carbonyl (C=O) groups is 2. The summed E-state index contributed by atoms with van der Waals surface area (Å²) >= 11 is 0. The summed E-state index contributed by atoms with van der Waals surface area (Å²) in [6, 6.07) is 5.62. The molecule has 0 fully saturated rings. The molecule has 0 spiro atoms. The Morgan fingerprint density at radius 1 is 1.35 bits per heavy atom. The molecular formula is C15H18N2O3. The lowest BCUT2D eigenvalue weighted by Gasteiger charge is -2.08. The molecule has 5 heteroatoms. The molecule has 0 saturated heterocycles. The first-order valence-electron chi connectivity index (χ1n) is 6.49. The molecule has 2 rings (SSSR count). The van der Waals surface area contributed by atoms with E-state index in [1.54, 1.807) is 14.0 Å². The molecular weight excluding hydrogens is 256 g/mol. The average molecular weight is 274 g/mol. The lowest BCUT2D eigenvalue weighted by molar-refractivity contribution is -0.118. The smallest absolute Gasteiger partial charge is 0.217 e. The zero-order valence-corrected chi connectivity index (χ0v) is 11.7. The van der Waals surface area contributed by atoms with Crippen LogP contribution in [0.1, 0.15) is 30.1 Å². The number of rotatable bonds is 6. The summed E-state index contributed by atoms with van der Waals surface area (Å²) in [5.41, 5.74) is 6.70. The molecule has 1 amide bonds. The van der Waals surface area contributed by atoms with Gasteiger partial charge in [-0.3, -0.25) is 9.59 Å². The molecule has 0 aliphatic heterocycles. The zero-order chi connectivity index (χ0) is 14.7. The number of aryl methyl sites for hydroxylation is 1. The Bertz CT molecular complexity index is 658. The molecule has 0 radical (unpaired) electrons. The van der Waals surface area contributed by atoms with Crippen molar-refractivity contribution < 1.29 is 14.3 Å².